The highest BCUT2D eigenvalue weighted by Gasteiger charge is 2.51. The number of ether oxygens (including phenoxy) is 4. The first-order chi connectivity index (χ1) is 29.1. The number of carbonyl (C=O) groups excluding carboxylic acids is 1. The van der Waals surface area contributed by atoms with Crippen LogP contribution >= 0.6 is 0 Å². The van der Waals surface area contributed by atoms with Gasteiger partial charge in [0.25, 0.3) is 0 Å². The fraction of sp³-hybridized carbons (Fsp3) is 0.935. The molecule has 2 aliphatic heterocycles. The van der Waals surface area contributed by atoms with Crippen LogP contribution in [0.2, 0.25) is 0 Å². The molecule has 2 aliphatic rings. The highest BCUT2D eigenvalue weighted by atomic mass is 16.7. The van der Waals surface area contributed by atoms with Crippen molar-refractivity contribution < 1.29 is 64.6 Å². The van der Waals surface area contributed by atoms with Gasteiger partial charge in [-0.2, -0.15) is 0 Å². The van der Waals surface area contributed by atoms with Crippen LogP contribution in [0, 0.1) is 0 Å². The molecule has 12 unspecified atom stereocenters. The second-order valence-corrected chi connectivity index (χ2v) is 17.2. The summed E-state index contributed by atoms with van der Waals surface area (Å²) < 4.78 is 22.6. The number of unbranched alkanes of at least 4 members (excludes halogenated alkanes) is 23. The number of rotatable bonds is 36. The van der Waals surface area contributed by atoms with Gasteiger partial charge in [0.2, 0.25) is 5.91 Å². The van der Waals surface area contributed by atoms with E-state index in [-0.39, 0.29) is 18.9 Å². The second kappa shape index (κ2) is 34.2. The molecule has 0 spiro atoms. The van der Waals surface area contributed by atoms with Gasteiger partial charge in [-0.25, -0.2) is 0 Å². The summed E-state index contributed by atoms with van der Waals surface area (Å²) in [5, 5.41) is 86.5. The van der Waals surface area contributed by atoms with Crippen LogP contribution in [0.3, 0.4) is 0 Å². The molecule has 1 amide bonds. The van der Waals surface area contributed by atoms with Crippen LogP contribution < -0.4 is 5.32 Å². The Morgan fingerprint density at radius 2 is 1.03 bits per heavy atom. The molecule has 0 aromatic rings. The minimum Gasteiger partial charge on any atom is -0.394 e. The first kappa shape index (κ1) is 54.9. The van der Waals surface area contributed by atoms with Crippen LogP contribution in [-0.2, 0) is 23.7 Å². The van der Waals surface area contributed by atoms with Crippen molar-refractivity contribution in [3.05, 3.63) is 12.2 Å². The second-order valence-electron chi connectivity index (χ2n) is 17.2. The predicted molar refractivity (Wildman–Crippen MR) is 231 cm³/mol. The highest BCUT2D eigenvalue weighted by molar-refractivity contribution is 5.76. The molecule has 2 fully saturated rings. The summed E-state index contributed by atoms with van der Waals surface area (Å²) in [6.45, 7) is 2.76. The van der Waals surface area contributed by atoms with Crippen LogP contribution in [-0.4, -0.2) is 140 Å². The molecular weight excluding hydrogens is 774 g/mol. The molecule has 0 bridgehead atoms. The minimum atomic E-state index is -1.78. The van der Waals surface area contributed by atoms with Gasteiger partial charge < -0.3 is 65.1 Å². The minimum absolute atomic E-state index is 0.240. The Morgan fingerprint density at radius 3 is 1.53 bits per heavy atom. The van der Waals surface area contributed by atoms with E-state index in [0.29, 0.717) is 6.42 Å². The van der Waals surface area contributed by atoms with E-state index in [1.165, 1.54) is 116 Å². The van der Waals surface area contributed by atoms with Crippen molar-refractivity contribution in [3.8, 4) is 0 Å². The van der Waals surface area contributed by atoms with Gasteiger partial charge in [0.05, 0.1) is 32.0 Å². The van der Waals surface area contributed by atoms with Gasteiger partial charge >= 0.3 is 0 Å². The zero-order valence-electron chi connectivity index (χ0n) is 37.2. The molecule has 60 heavy (non-hydrogen) atoms. The first-order valence-corrected chi connectivity index (χ1v) is 23.9. The fourth-order valence-corrected chi connectivity index (χ4v) is 8.00. The fourth-order valence-electron chi connectivity index (χ4n) is 8.00. The SMILES string of the molecule is CCCCCCCCCCC/C=C/C(O)C(COC1OC(CO)C(OC2OC(CO)C(O)C(O)C2O)C(O)C1O)NC(=O)CCCCCCCCCCCCCCCCC. The topological polar surface area (TPSA) is 228 Å². The number of aliphatic hydroxyl groups excluding tert-OH is 8. The largest absolute Gasteiger partial charge is 0.394 e. The smallest absolute Gasteiger partial charge is 0.220 e. The van der Waals surface area contributed by atoms with Gasteiger partial charge in [-0.15, -0.1) is 0 Å². The Morgan fingerprint density at radius 1 is 0.583 bits per heavy atom. The average Bonchev–Trinajstić information content (AvgIpc) is 3.24. The summed E-state index contributed by atoms with van der Waals surface area (Å²) in [5.41, 5.74) is 0. The molecule has 2 heterocycles. The van der Waals surface area contributed by atoms with Crippen LogP contribution in [0.4, 0.5) is 0 Å². The lowest BCUT2D eigenvalue weighted by Crippen LogP contribution is -2.65. The molecule has 0 radical (unpaired) electrons. The van der Waals surface area contributed by atoms with Crippen molar-refractivity contribution in [1.82, 2.24) is 5.32 Å². The number of allylic oxidation sites excluding steroid dienone is 1. The zero-order chi connectivity index (χ0) is 44.0. The summed E-state index contributed by atoms with van der Waals surface area (Å²) in [6, 6.07) is -0.906. The van der Waals surface area contributed by atoms with Gasteiger partial charge in [0.1, 0.15) is 48.8 Å². The van der Waals surface area contributed by atoms with Crippen LogP contribution in [0.25, 0.3) is 0 Å². The predicted octanol–water partition coefficient (Wildman–Crippen LogP) is 5.21. The third kappa shape index (κ3) is 21.9. The van der Waals surface area contributed by atoms with E-state index >= 15 is 0 Å². The maximum Gasteiger partial charge on any atom is 0.220 e. The number of hydrogen-bond acceptors (Lipinski definition) is 13. The standard InChI is InChI=1S/C46H87NO13/c1-3-5-7-9-11-13-15-16-17-18-20-22-24-26-28-30-38(51)47-34(35(50)29-27-25-23-21-19-14-12-10-8-6-4-2)33-57-45-43(56)41(54)44(37(32-49)59-45)60-46-42(55)40(53)39(52)36(31-48)58-46/h27,29,34-37,39-46,48-50,52-56H,3-26,28,30-33H2,1-2H3,(H,47,51)/b29-27+. The van der Waals surface area contributed by atoms with Crippen molar-refractivity contribution in [2.75, 3.05) is 19.8 Å². The van der Waals surface area contributed by atoms with Gasteiger partial charge in [-0.05, 0) is 19.3 Å². The molecule has 9 N–H and O–H groups in total. The molecule has 14 heteroatoms. The van der Waals surface area contributed by atoms with Crippen molar-refractivity contribution in [2.45, 2.75) is 254 Å². The molecular formula is C46H87NO13. The third-order valence-electron chi connectivity index (χ3n) is 12.0. The van der Waals surface area contributed by atoms with E-state index in [0.717, 1.165) is 38.5 Å². The lowest BCUT2D eigenvalue weighted by Gasteiger charge is -2.46. The van der Waals surface area contributed by atoms with E-state index in [1.54, 1.807) is 6.08 Å². The molecule has 354 valence electrons. The summed E-state index contributed by atoms with van der Waals surface area (Å²) in [7, 11) is 0. The van der Waals surface area contributed by atoms with Crippen molar-refractivity contribution in [3.63, 3.8) is 0 Å². The van der Waals surface area contributed by atoms with Gasteiger partial charge in [-0.1, -0.05) is 167 Å². The van der Waals surface area contributed by atoms with Gasteiger partial charge in [-0.3, -0.25) is 4.79 Å². The lowest BCUT2D eigenvalue weighted by molar-refractivity contribution is -0.359. The molecule has 0 aromatic carbocycles. The van der Waals surface area contributed by atoms with Gasteiger partial charge in [0, 0.05) is 6.42 Å². The van der Waals surface area contributed by atoms with E-state index in [1.807, 2.05) is 6.08 Å². The average molecular weight is 862 g/mol. The van der Waals surface area contributed by atoms with E-state index in [4.69, 9.17) is 18.9 Å². The molecule has 14 nitrogen and oxygen atoms in total. The number of aliphatic hydroxyl groups is 8. The van der Waals surface area contributed by atoms with Crippen molar-refractivity contribution in [1.29, 1.82) is 0 Å². The maximum atomic E-state index is 13.1. The summed E-state index contributed by atoms with van der Waals surface area (Å²) in [4.78, 5) is 13.1. The molecule has 12 atom stereocenters. The summed E-state index contributed by atoms with van der Waals surface area (Å²) in [5.74, 6) is -0.240. The Bertz CT molecular complexity index is 1070. The van der Waals surface area contributed by atoms with Crippen molar-refractivity contribution >= 4 is 5.91 Å². The Hall–Kier alpha value is -1.27. The number of carbonyl (C=O) groups is 1. The normalized spacial score (nSPS) is 28.3. The van der Waals surface area contributed by atoms with E-state index in [2.05, 4.69) is 19.2 Å². The first-order valence-electron chi connectivity index (χ1n) is 23.9. The van der Waals surface area contributed by atoms with E-state index in [9.17, 15) is 45.6 Å². The molecule has 0 aromatic heterocycles. The van der Waals surface area contributed by atoms with Crippen LogP contribution in [0.5, 0.6) is 0 Å². The Kier molecular flexibility index (Phi) is 31.3. The van der Waals surface area contributed by atoms with Crippen molar-refractivity contribution in [2.24, 2.45) is 0 Å². The number of hydrogen-bond donors (Lipinski definition) is 9. The number of nitrogens with one attached hydrogen (secondary N) is 1. The molecule has 0 aliphatic carbocycles. The maximum absolute atomic E-state index is 13.1. The Labute approximate surface area is 361 Å². The summed E-state index contributed by atoms with van der Waals surface area (Å²) in [6.07, 6.45) is 16.8. The molecule has 0 saturated carbocycles. The molecule has 2 saturated heterocycles. The summed E-state index contributed by atoms with van der Waals surface area (Å²) >= 11 is 0. The number of amides is 1. The Balaban J connectivity index is 1.87. The third-order valence-corrected chi connectivity index (χ3v) is 12.0. The van der Waals surface area contributed by atoms with Crippen LogP contribution in [0.15, 0.2) is 12.2 Å². The van der Waals surface area contributed by atoms with Crippen LogP contribution in [0.1, 0.15) is 181 Å². The molecule has 2 rings (SSSR count). The zero-order valence-corrected chi connectivity index (χ0v) is 37.2. The highest BCUT2D eigenvalue weighted by Crippen LogP contribution is 2.30. The van der Waals surface area contributed by atoms with E-state index < -0.39 is 86.8 Å². The van der Waals surface area contributed by atoms with Gasteiger partial charge in [0.15, 0.2) is 12.6 Å². The lowest BCUT2D eigenvalue weighted by atomic mass is 9.97. The monoisotopic (exact) mass is 862 g/mol. The quantitative estimate of drug-likeness (QED) is 0.0292.